The summed E-state index contributed by atoms with van der Waals surface area (Å²) in [6, 6.07) is 14.5. The third-order valence-corrected chi connectivity index (χ3v) is 6.44. The van der Waals surface area contributed by atoms with E-state index < -0.39 is 5.91 Å². The van der Waals surface area contributed by atoms with Gasteiger partial charge in [0.25, 0.3) is 5.91 Å². The van der Waals surface area contributed by atoms with Gasteiger partial charge in [0.15, 0.2) is 0 Å². The van der Waals surface area contributed by atoms with Crippen LogP contribution < -0.4 is 10.2 Å². The predicted octanol–water partition coefficient (Wildman–Crippen LogP) is 3.24. The summed E-state index contributed by atoms with van der Waals surface area (Å²) >= 11 is 0. The van der Waals surface area contributed by atoms with Gasteiger partial charge in [-0.2, -0.15) is 0 Å². The number of hydrogen-bond acceptors (Lipinski definition) is 6. The highest BCUT2D eigenvalue weighted by Gasteiger charge is 2.35. The molecule has 3 aromatic rings. The Hall–Kier alpha value is -3.49. The Bertz CT molecular complexity index is 1190. The molecule has 0 saturated carbocycles. The summed E-state index contributed by atoms with van der Waals surface area (Å²) in [6.07, 6.45) is 3.15. The first kappa shape index (κ1) is 21.4. The summed E-state index contributed by atoms with van der Waals surface area (Å²) in [4.78, 5) is 32.0. The first-order valence-electron chi connectivity index (χ1n) is 11.1. The van der Waals surface area contributed by atoms with Crippen LogP contribution in [0.1, 0.15) is 40.4 Å². The van der Waals surface area contributed by atoms with Gasteiger partial charge in [0.2, 0.25) is 5.91 Å². The molecular weight excluding hydrogens is 422 g/mol. The lowest BCUT2D eigenvalue weighted by Gasteiger charge is -2.34. The van der Waals surface area contributed by atoms with Crippen LogP contribution in [0.15, 0.2) is 54.7 Å². The Morgan fingerprint density at radius 1 is 1.09 bits per heavy atom. The maximum atomic E-state index is 13.8. The number of fused-ring (bicyclic) bond motifs is 2. The summed E-state index contributed by atoms with van der Waals surface area (Å²) in [5, 5.41) is 9.97. The van der Waals surface area contributed by atoms with Crippen LogP contribution >= 0.6 is 0 Å². The lowest BCUT2D eigenvalue weighted by atomic mass is 9.94. The van der Waals surface area contributed by atoms with Gasteiger partial charge < -0.3 is 14.4 Å². The van der Waals surface area contributed by atoms with Gasteiger partial charge in [0.1, 0.15) is 12.4 Å². The fourth-order valence-corrected chi connectivity index (χ4v) is 4.66. The maximum Gasteiger partial charge on any atom is 0.274 e. The highest BCUT2D eigenvalue weighted by molar-refractivity contribution is 5.94. The van der Waals surface area contributed by atoms with E-state index in [9.17, 15) is 9.59 Å². The van der Waals surface area contributed by atoms with E-state index in [4.69, 9.17) is 14.7 Å². The molecular formula is C25H25N3O5. The number of pyridine rings is 1. The first-order chi connectivity index (χ1) is 16.2. The van der Waals surface area contributed by atoms with Crippen molar-refractivity contribution in [2.75, 3.05) is 19.8 Å². The smallest absolute Gasteiger partial charge is 0.274 e. The van der Waals surface area contributed by atoms with Crippen molar-refractivity contribution in [1.82, 2.24) is 15.4 Å². The number of rotatable bonds is 3. The van der Waals surface area contributed by atoms with Crippen molar-refractivity contribution in [1.29, 1.82) is 0 Å². The molecule has 2 aromatic carbocycles. The second-order valence-electron chi connectivity index (χ2n) is 8.36. The maximum absolute atomic E-state index is 13.8. The summed E-state index contributed by atoms with van der Waals surface area (Å²) in [5.41, 5.74) is 4.58. The fourth-order valence-electron chi connectivity index (χ4n) is 4.66. The molecule has 2 aliphatic rings. The average molecular weight is 447 g/mol. The number of aromatic nitrogens is 1. The summed E-state index contributed by atoms with van der Waals surface area (Å²) in [5.74, 6) is -0.104. The zero-order valence-corrected chi connectivity index (χ0v) is 18.1. The van der Waals surface area contributed by atoms with Crippen LogP contribution in [-0.2, 0) is 16.1 Å². The molecule has 2 amide bonds. The molecule has 0 radical (unpaired) electrons. The molecule has 0 aliphatic carbocycles. The molecule has 8 heteroatoms. The average Bonchev–Trinajstić information content (AvgIpc) is 3.07. The Labute approximate surface area is 191 Å². The third-order valence-electron chi connectivity index (χ3n) is 6.44. The van der Waals surface area contributed by atoms with Crippen LogP contribution in [-0.4, -0.2) is 46.7 Å². The molecule has 1 atom stereocenters. The minimum atomic E-state index is -0.613. The zero-order valence-electron chi connectivity index (χ0n) is 18.1. The van der Waals surface area contributed by atoms with E-state index in [1.54, 1.807) is 29.9 Å². The van der Waals surface area contributed by atoms with Gasteiger partial charge in [0.05, 0.1) is 18.1 Å². The van der Waals surface area contributed by atoms with Crippen molar-refractivity contribution in [3.63, 3.8) is 0 Å². The van der Waals surface area contributed by atoms with E-state index in [0.29, 0.717) is 38.3 Å². The highest BCUT2D eigenvalue weighted by atomic mass is 16.5. The van der Waals surface area contributed by atoms with Crippen molar-refractivity contribution in [3.8, 4) is 5.75 Å². The summed E-state index contributed by atoms with van der Waals surface area (Å²) in [6.45, 7) is 1.76. The number of hydrogen-bond donors (Lipinski definition) is 2. The van der Waals surface area contributed by atoms with Crippen molar-refractivity contribution in [3.05, 3.63) is 71.4 Å². The van der Waals surface area contributed by atoms with E-state index in [-0.39, 0.29) is 30.0 Å². The summed E-state index contributed by atoms with van der Waals surface area (Å²) < 4.78 is 11.6. The normalized spacial score (nSPS) is 18.8. The van der Waals surface area contributed by atoms with Crippen molar-refractivity contribution < 1.29 is 24.3 Å². The molecule has 0 spiro atoms. The number of carbonyl (C=O) groups excluding carboxylic acids is 2. The van der Waals surface area contributed by atoms with Crippen LogP contribution in [0.3, 0.4) is 0 Å². The van der Waals surface area contributed by atoms with Gasteiger partial charge >= 0.3 is 0 Å². The molecule has 0 bridgehead atoms. The number of hydroxylamine groups is 1. The van der Waals surface area contributed by atoms with Gasteiger partial charge in [-0.05, 0) is 42.7 Å². The molecule has 1 unspecified atom stereocenters. The molecule has 2 aliphatic heterocycles. The monoisotopic (exact) mass is 447 g/mol. The van der Waals surface area contributed by atoms with Crippen molar-refractivity contribution in [2.24, 2.45) is 5.92 Å². The first-order valence-corrected chi connectivity index (χ1v) is 11.1. The Balaban J connectivity index is 1.57. The lowest BCUT2D eigenvalue weighted by molar-refractivity contribution is -0.142. The number of nitrogens with one attached hydrogen (secondary N) is 1. The molecule has 33 heavy (non-hydrogen) atoms. The molecule has 2 N–H and O–H groups in total. The van der Waals surface area contributed by atoms with E-state index in [1.807, 2.05) is 35.2 Å². The summed E-state index contributed by atoms with van der Waals surface area (Å²) in [7, 11) is 0. The highest BCUT2D eigenvalue weighted by Crippen LogP contribution is 2.36. The van der Waals surface area contributed by atoms with E-state index in [0.717, 1.165) is 22.0 Å². The molecule has 8 nitrogen and oxygen atoms in total. The van der Waals surface area contributed by atoms with Crippen LogP contribution in [0.4, 0.5) is 0 Å². The standard InChI is InChI=1S/C25H25N3O5/c29-24(27-31)17-6-7-18-14-28(25(30)16-8-11-32-12-9-16)22(15-33-23(18)13-17)20-3-1-5-21-19(20)4-2-10-26-21/h1-7,10,13,16,22,31H,8-9,11-12,14-15H2,(H,27,29). The Kier molecular flexibility index (Phi) is 5.93. The minimum Gasteiger partial charge on any atom is -0.491 e. The Morgan fingerprint density at radius 2 is 1.94 bits per heavy atom. The van der Waals surface area contributed by atoms with E-state index in [2.05, 4.69) is 4.98 Å². The van der Waals surface area contributed by atoms with Crippen LogP contribution in [0.5, 0.6) is 5.75 Å². The molecule has 3 heterocycles. The van der Waals surface area contributed by atoms with Gasteiger partial charge in [-0.3, -0.25) is 19.8 Å². The molecule has 1 fully saturated rings. The molecule has 1 aromatic heterocycles. The van der Waals surface area contributed by atoms with Gasteiger partial charge in [-0.1, -0.05) is 24.3 Å². The van der Waals surface area contributed by atoms with Gasteiger partial charge in [0, 0.05) is 41.8 Å². The van der Waals surface area contributed by atoms with Crippen molar-refractivity contribution in [2.45, 2.75) is 25.4 Å². The number of benzene rings is 2. The van der Waals surface area contributed by atoms with E-state index in [1.165, 1.54) is 0 Å². The number of nitrogens with zero attached hydrogens (tertiary/aromatic N) is 2. The third kappa shape index (κ3) is 4.15. The van der Waals surface area contributed by atoms with Crippen LogP contribution in [0.2, 0.25) is 0 Å². The van der Waals surface area contributed by atoms with Crippen LogP contribution in [0.25, 0.3) is 10.9 Å². The van der Waals surface area contributed by atoms with Crippen LogP contribution in [0, 0.1) is 5.92 Å². The quantitative estimate of drug-likeness (QED) is 0.472. The topological polar surface area (TPSA) is 101 Å². The number of amides is 2. The van der Waals surface area contributed by atoms with Gasteiger partial charge in [-0.15, -0.1) is 0 Å². The fraction of sp³-hybridized carbons (Fsp3) is 0.320. The molecule has 5 rings (SSSR count). The van der Waals surface area contributed by atoms with E-state index >= 15 is 0 Å². The lowest BCUT2D eigenvalue weighted by Crippen LogP contribution is -2.41. The van der Waals surface area contributed by atoms with Crippen molar-refractivity contribution >= 4 is 22.7 Å². The second kappa shape index (κ2) is 9.17. The molecule has 170 valence electrons. The molecule has 1 saturated heterocycles. The predicted molar refractivity (Wildman–Crippen MR) is 120 cm³/mol. The second-order valence-corrected chi connectivity index (χ2v) is 8.36. The zero-order chi connectivity index (χ0) is 22.8. The minimum absolute atomic E-state index is 0.0813. The largest absolute Gasteiger partial charge is 0.491 e. The SMILES string of the molecule is O=C(NO)c1ccc2c(c1)OCC(c1cccc3ncccc13)N(C(=O)C1CCOCC1)C2. The number of ether oxygens (including phenoxy) is 2. The van der Waals surface area contributed by atoms with Gasteiger partial charge in [-0.25, -0.2) is 5.48 Å². The Morgan fingerprint density at radius 3 is 2.76 bits per heavy atom. The number of carbonyl (C=O) groups is 2.